The van der Waals surface area contributed by atoms with Crippen molar-refractivity contribution in [1.29, 1.82) is 0 Å². The lowest BCUT2D eigenvalue weighted by Gasteiger charge is -2.25. The third-order valence-corrected chi connectivity index (χ3v) is 5.74. The zero-order chi connectivity index (χ0) is 22.3. The Kier molecular flexibility index (Phi) is 9.22. The second-order valence-electron chi connectivity index (χ2n) is 5.90. The molecule has 160 valence electrons. The van der Waals surface area contributed by atoms with Crippen LogP contribution in [0.2, 0.25) is 0 Å². The number of methoxy groups -OCH3 is 1. The first-order chi connectivity index (χ1) is 14.2. The van der Waals surface area contributed by atoms with E-state index in [1.165, 1.54) is 13.2 Å². The quantitative estimate of drug-likeness (QED) is 0.286. The number of phenols is 1. The average molecular weight is 561 g/mol. The van der Waals surface area contributed by atoms with Gasteiger partial charge in [-0.1, -0.05) is 15.9 Å². The molecular formula is C20H19Br2NO6S. The summed E-state index contributed by atoms with van der Waals surface area (Å²) in [4.78, 5) is 24.5. The fraction of sp³-hybridized carbons (Fsp3) is 0.200. The molecule has 0 heterocycles. The van der Waals surface area contributed by atoms with Crippen LogP contribution in [0.3, 0.4) is 0 Å². The number of amides is 1. The first kappa shape index (κ1) is 24.3. The third kappa shape index (κ3) is 6.76. The fourth-order valence-corrected chi connectivity index (χ4v) is 4.19. The molecule has 0 aliphatic rings. The first-order valence-corrected chi connectivity index (χ1v) is 11.3. The number of carbonyl (C=O) groups excluding carboxylic acids is 1. The number of ether oxygens (including phenoxy) is 2. The van der Waals surface area contributed by atoms with Gasteiger partial charge in [0, 0.05) is 33.8 Å². The van der Waals surface area contributed by atoms with Gasteiger partial charge >= 0.3 is 12.1 Å². The van der Waals surface area contributed by atoms with E-state index in [1.807, 2.05) is 18.4 Å². The molecule has 0 unspecified atom stereocenters. The lowest BCUT2D eigenvalue weighted by atomic mass is 10.0. The van der Waals surface area contributed by atoms with Crippen molar-refractivity contribution in [2.75, 3.05) is 18.7 Å². The highest BCUT2D eigenvalue weighted by Gasteiger charge is 2.29. The maximum absolute atomic E-state index is 12.6. The van der Waals surface area contributed by atoms with Crippen LogP contribution in [0.1, 0.15) is 11.7 Å². The second-order valence-corrected chi connectivity index (χ2v) is 8.55. The number of phenolic OH excluding ortho intramolecular Hbond substituents is 1. The molecule has 2 aromatic rings. The molecular weight excluding hydrogens is 542 g/mol. The average Bonchev–Trinajstić information content (AvgIpc) is 2.70. The normalized spacial score (nSPS) is 13.1. The minimum absolute atomic E-state index is 0.161. The van der Waals surface area contributed by atoms with Gasteiger partial charge in [0.2, 0.25) is 0 Å². The molecule has 2 rings (SSSR count). The summed E-state index contributed by atoms with van der Waals surface area (Å²) in [5, 5.41) is 22.1. The highest BCUT2D eigenvalue weighted by molar-refractivity contribution is 9.11. The molecule has 30 heavy (non-hydrogen) atoms. The molecule has 3 N–H and O–H groups in total. The molecule has 0 aromatic heterocycles. The largest absolute Gasteiger partial charge is 0.506 e. The Morgan fingerprint density at radius 1 is 1.20 bits per heavy atom. The van der Waals surface area contributed by atoms with E-state index in [0.29, 0.717) is 14.6 Å². The molecule has 2 aromatic carbocycles. The van der Waals surface area contributed by atoms with Crippen LogP contribution in [0.5, 0.6) is 5.75 Å². The topological polar surface area (TPSA) is 105 Å². The molecule has 0 aliphatic heterocycles. The van der Waals surface area contributed by atoms with Gasteiger partial charge in [0.1, 0.15) is 11.9 Å². The number of thioether (sulfide) groups is 1. The predicted molar refractivity (Wildman–Crippen MR) is 122 cm³/mol. The number of hydrogen-bond acceptors (Lipinski definition) is 6. The molecule has 0 saturated carbocycles. The molecule has 2 atom stereocenters. The van der Waals surface area contributed by atoms with Crippen molar-refractivity contribution < 1.29 is 29.3 Å². The molecule has 0 saturated heterocycles. The Bertz CT molecular complexity index is 936. The predicted octanol–water partition coefficient (Wildman–Crippen LogP) is 5.58. The molecule has 0 spiro atoms. The van der Waals surface area contributed by atoms with Gasteiger partial charge in [0.25, 0.3) is 0 Å². The monoisotopic (exact) mass is 559 g/mol. The lowest BCUT2D eigenvalue weighted by molar-refractivity contribution is -0.131. The minimum Gasteiger partial charge on any atom is -0.506 e. The number of hydrogen-bond donors (Lipinski definition) is 3. The zero-order valence-corrected chi connectivity index (χ0v) is 20.0. The highest BCUT2D eigenvalue weighted by atomic mass is 79.9. The number of rotatable bonds is 8. The van der Waals surface area contributed by atoms with Gasteiger partial charge in [0.15, 0.2) is 6.10 Å². The molecule has 0 radical (unpaired) electrons. The summed E-state index contributed by atoms with van der Waals surface area (Å²) in [5.41, 5.74) is 0.747. The van der Waals surface area contributed by atoms with Crippen molar-refractivity contribution in [2.45, 2.75) is 17.1 Å². The van der Waals surface area contributed by atoms with E-state index in [4.69, 9.17) is 14.6 Å². The summed E-state index contributed by atoms with van der Waals surface area (Å²) in [6.07, 6.45) is 1.16. The number of carboxylic acid groups (broad SMARTS) is 1. The van der Waals surface area contributed by atoms with Crippen molar-refractivity contribution in [3.63, 3.8) is 0 Å². The van der Waals surface area contributed by atoms with Crippen molar-refractivity contribution in [2.24, 2.45) is 0 Å². The fourth-order valence-electron chi connectivity index (χ4n) is 2.53. The van der Waals surface area contributed by atoms with Gasteiger partial charge in [-0.2, -0.15) is 0 Å². The molecule has 7 nitrogen and oxygen atoms in total. The lowest BCUT2D eigenvalue weighted by Crippen LogP contribution is -2.27. The Labute approximate surface area is 194 Å². The van der Waals surface area contributed by atoms with Crippen molar-refractivity contribution in [3.8, 4) is 5.75 Å². The number of benzene rings is 2. The van der Waals surface area contributed by atoms with Crippen LogP contribution in [0, 0.1) is 0 Å². The van der Waals surface area contributed by atoms with E-state index in [2.05, 4.69) is 37.2 Å². The molecule has 0 aliphatic carbocycles. The third-order valence-electron chi connectivity index (χ3n) is 3.93. The second kappa shape index (κ2) is 11.4. The van der Waals surface area contributed by atoms with Crippen LogP contribution >= 0.6 is 43.6 Å². The maximum atomic E-state index is 12.6. The minimum atomic E-state index is -1.19. The Morgan fingerprint density at radius 3 is 2.43 bits per heavy atom. The van der Waals surface area contributed by atoms with Crippen molar-refractivity contribution in [3.05, 3.63) is 63.1 Å². The summed E-state index contributed by atoms with van der Waals surface area (Å²) in [6, 6.07) is 10.3. The van der Waals surface area contributed by atoms with Crippen LogP contribution in [-0.4, -0.2) is 41.7 Å². The smallest absolute Gasteiger partial charge is 0.412 e. The number of nitrogens with one attached hydrogen (secondary N) is 1. The van der Waals surface area contributed by atoms with Gasteiger partial charge < -0.3 is 19.7 Å². The van der Waals surface area contributed by atoms with E-state index < -0.39 is 24.3 Å². The number of halogens is 2. The van der Waals surface area contributed by atoms with Gasteiger partial charge in [0.05, 0.1) is 4.47 Å². The van der Waals surface area contributed by atoms with Crippen LogP contribution in [0.15, 0.2) is 62.4 Å². The number of aromatic hydroxyl groups is 1. The van der Waals surface area contributed by atoms with E-state index in [9.17, 15) is 14.7 Å². The van der Waals surface area contributed by atoms with Crippen molar-refractivity contribution >= 4 is 61.4 Å². The number of anilines is 1. The number of carbonyl (C=O) groups is 2. The Hall–Kier alpha value is -2.01. The molecule has 1 amide bonds. The SMILES string of the molecule is CO[C@H](/C=C/C(=O)O)[C@H](OC(=O)Nc1ccc(SC)cc1)c1cc(Br)cc(Br)c1O. The molecule has 0 bridgehead atoms. The van der Waals surface area contributed by atoms with Crippen LogP contribution in [0.4, 0.5) is 10.5 Å². The summed E-state index contributed by atoms with van der Waals surface area (Å²) in [5.74, 6) is -1.35. The molecule has 0 fully saturated rings. The summed E-state index contributed by atoms with van der Waals surface area (Å²) in [7, 11) is 1.34. The van der Waals surface area contributed by atoms with Gasteiger partial charge in [-0.15, -0.1) is 11.8 Å². The van der Waals surface area contributed by atoms with Gasteiger partial charge in [-0.05, 0) is 64.7 Å². The van der Waals surface area contributed by atoms with E-state index in [0.717, 1.165) is 11.0 Å². The number of carboxylic acids is 1. The van der Waals surface area contributed by atoms with Crippen molar-refractivity contribution in [1.82, 2.24) is 0 Å². The number of aliphatic carboxylic acids is 1. The molecule has 10 heteroatoms. The zero-order valence-electron chi connectivity index (χ0n) is 16.0. The van der Waals surface area contributed by atoms with Crippen LogP contribution < -0.4 is 5.32 Å². The van der Waals surface area contributed by atoms with Gasteiger partial charge in [-0.25, -0.2) is 9.59 Å². The van der Waals surface area contributed by atoms with E-state index >= 15 is 0 Å². The van der Waals surface area contributed by atoms with Crippen LogP contribution in [-0.2, 0) is 14.3 Å². The highest BCUT2D eigenvalue weighted by Crippen LogP contribution is 2.39. The Morgan fingerprint density at radius 2 is 1.87 bits per heavy atom. The summed E-state index contributed by atoms with van der Waals surface area (Å²) >= 11 is 8.14. The first-order valence-electron chi connectivity index (χ1n) is 8.48. The van der Waals surface area contributed by atoms with Gasteiger partial charge in [-0.3, -0.25) is 5.32 Å². The Balaban J connectivity index is 2.34. The van der Waals surface area contributed by atoms with E-state index in [1.54, 1.807) is 36.0 Å². The summed E-state index contributed by atoms with van der Waals surface area (Å²) < 4.78 is 11.9. The van der Waals surface area contributed by atoms with E-state index in [-0.39, 0.29) is 11.3 Å². The van der Waals surface area contributed by atoms with Crippen LogP contribution in [0.25, 0.3) is 0 Å². The standard InChI is InChI=1S/C20H19Br2NO6S/c1-28-16(7-8-17(24)25)19(14-9-11(21)10-15(22)18(14)26)29-20(27)23-12-3-5-13(30-2)6-4-12/h3-10,16,19,26H,1-2H3,(H,23,27)(H,24,25)/b8-7+/t16-,19-/m1/s1. The maximum Gasteiger partial charge on any atom is 0.412 e. The summed E-state index contributed by atoms with van der Waals surface area (Å²) in [6.45, 7) is 0.